The summed E-state index contributed by atoms with van der Waals surface area (Å²) in [5, 5.41) is 2.87. The highest BCUT2D eigenvalue weighted by molar-refractivity contribution is 5.82. The first-order valence-corrected chi connectivity index (χ1v) is 7.56. The molecule has 5 nitrogen and oxygen atoms in total. The van der Waals surface area contributed by atoms with Gasteiger partial charge in [0, 0.05) is 12.6 Å². The van der Waals surface area contributed by atoms with E-state index in [1.54, 1.807) is 6.92 Å². The van der Waals surface area contributed by atoms with E-state index in [9.17, 15) is 9.59 Å². The summed E-state index contributed by atoms with van der Waals surface area (Å²) in [5.41, 5.74) is 0. The van der Waals surface area contributed by atoms with Gasteiger partial charge < -0.3 is 14.8 Å². The van der Waals surface area contributed by atoms with Gasteiger partial charge in [0.1, 0.15) is 0 Å². The summed E-state index contributed by atoms with van der Waals surface area (Å²) in [4.78, 5) is 23.2. The van der Waals surface area contributed by atoms with Crippen molar-refractivity contribution in [3.63, 3.8) is 0 Å². The zero-order valence-corrected chi connectivity index (χ0v) is 12.8. The van der Waals surface area contributed by atoms with E-state index in [4.69, 9.17) is 9.47 Å². The van der Waals surface area contributed by atoms with Gasteiger partial charge >= 0.3 is 5.97 Å². The maximum absolute atomic E-state index is 11.6. The molecule has 1 atom stereocenters. The van der Waals surface area contributed by atoms with Crippen LogP contribution in [0.3, 0.4) is 0 Å². The molecule has 0 bridgehead atoms. The second-order valence-electron chi connectivity index (χ2n) is 5.85. The monoisotopic (exact) mass is 285 g/mol. The van der Waals surface area contributed by atoms with Gasteiger partial charge in [0.05, 0.1) is 0 Å². The van der Waals surface area contributed by atoms with Gasteiger partial charge in [-0.15, -0.1) is 0 Å². The van der Waals surface area contributed by atoms with Crippen LogP contribution in [-0.2, 0) is 19.1 Å². The SMILES string of the molecule is CC(C)CCOC(C)C(=O)OCC(=O)NC1CCCC1. The fourth-order valence-corrected chi connectivity index (χ4v) is 2.14. The van der Waals surface area contributed by atoms with Crippen LogP contribution in [0.5, 0.6) is 0 Å². The van der Waals surface area contributed by atoms with Crippen molar-refractivity contribution in [2.75, 3.05) is 13.2 Å². The van der Waals surface area contributed by atoms with Crippen molar-refractivity contribution < 1.29 is 19.1 Å². The summed E-state index contributed by atoms with van der Waals surface area (Å²) in [7, 11) is 0. The van der Waals surface area contributed by atoms with Gasteiger partial charge in [0.15, 0.2) is 12.7 Å². The Kier molecular flexibility index (Phi) is 7.59. The molecule has 1 fully saturated rings. The van der Waals surface area contributed by atoms with Gasteiger partial charge in [-0.3, -0.25) is 4.79 Å². The molecular formula is C15H27NO4. The van der Waals surface area contributed by atoms with Crippen LogP contribution in [-0.4, -0.2) is 37.2 Å². The van der Waals surface area contributed by atoms with E-state index in [1.807, 2.05) is 0 Å². The molecule has 0 aromatic rings. The first kappa shape index (κ1) is 17.0. The summed E-state index contributed by atoms with van der Waals surface area (Å²) in [6.07, 6.45) is 4.65. The number of ether oxygens (including phenoxy) is 2. The minimum Gasteiger partial charge on any atom is -0.454 e. The summed E-state index contributed by atoms with van der Waals surface area (Å²) in [5.74, 6) is -0.162. The number of carbonyl (C=O) groups excluding carboxylic acids is 2. The number of esters is 1. The molecule has 1 amide bonds. The maximum atomic E-state index is 11.6. The molecule has 0 aromatic heterocycles. The third-order valence-corrected chi connectivity index (χ3v) is 3.46. The molecule has 1 saturated carbocycles. The number of hydrogen-bond acceptors (Lipinski definition) is 4. The lowest BCUT2D eigenvalue weighted by atomic mass is 10.1. The van der Waals surface area contributed by atoms with Crippen LogP contribution in [0.1, 0.15) is 52.9 Å². The zero-order chi connectivity index (χ0) is 15.0. The molecule has 116 valence electrons. The molecule has 1 rings (SSSR count). The van der Waals surface area contributed by atoms with Crippen LogP contribution in [0, 0.1) is 5.92 Å². The molecule has 0 aromatic carbocycles. The van der Waals surface area contributed by atoms with Crippen LogP contribution in [0.4, 0.5) is 0 Å². The fraction of sp³-hybridized carbons (Fsp3) is 0.867. The average molecular weight is 285 g/mol. The summed E-state index contributed by atoms with van der Waals surface area (Å²) < 4.78 is 10.3. The van der Waals surface area contributed by atoms with Gasteiger partial charge in [-0.25, -0.2) is 4.79 Å². The highest BCUT2D eigenvalue weighted by Gasteiger charge is 2.20. The Hall–Kier alpha value is -1.10. The second kappa shape index (κ2) is 8.95. The molecule has 5 heteroatoms. The van der Waals surface area contributed by atoms with Crippen LogP contribution in [0.25, 0.3) is 0 Å². The van der Waals surface area contributed by atoms with E-state index in [2.05, 4.69) is 19.2 Å². The summed E-state index contributed by atoms with van der Waals surface area (Å²) >= 11 is 0. The quantitative estimate of drug-likeness (QED) is 0.693. The van der Waals surface area contributed by atoms with Crippen molar-refractivity contribution in [1.82, 2.24) is 5.32 Å². The van der Waals surface area contributed by atoms with Gasteiger partial charge in [0.25, 0.3) is 5.91 Å². The van der Waals surface area contributed by atoms with E-state index in [0.29, 0.717) is 12.5 Å². The number of amides is 1. The largest absolute Gasteiger partial charge is 0.454 e. The molecule has 0 spiro atoms. The van der Waals surface area contributed by atoms with Crippen LogP contribution in [0.15, 0.2) is 0 Å². The third-order valence-electron chi connectivity index (χ3n) is 3.46. The molecule has 20 heavy (non-hydrogen) atoms. The number of rotatable bonds is 8. The Morgan fingerprint density at radius 1 is 1.20 bits per heavy atom. The molecule has 1 aliphatic carbocycles. The summed E-state index contributed by atoms with van der Waals surface area (Å²) in [6, 6.07) is 0.251. The molecule has 1 aliphatic rings. The predicted molar refractivity (Wildman–Crippen MR) is 76.2 cm³/mol. The van der Waals surface area contributed by atoms with Gasteiger partial charge in [-0.2, -0.15) is 0 Å². The predicted octanol–water partition coefficient (Wildman–Crippen LogP) is 2.04. The van der Waals surface area contributed by atoms with E-state index in [-0.39, 0.29) is 18.6 Å². The minimum atomic E-state index is -0.618. The Labute approximate surface area is 121 Å². The first-order chi connectivity index (χ1) is 9.49. The van der Waals surface area contributed by atoms with E-state index >= 15 is 0 Å². The molecular weight excluding hydrogens is 258 g/mol. The van der Waals surface area contributed by atoms with Gasteiger partial charge in [-0.05, 0) is 32.1 Å². The van der Waals surface area contributed by atoms with E-state index in [1.165, 1.54) is 0 Å². The number of hydrogen-bond donors (Lipinski definition) is 1. The Bertz CT molecular complexity index is 311. The van der Waals surface area contributed by atoms with E-state index < -0.39 is 12.1 Å². The smallest absolute Gasteiger partial charge is 0.335 e. The molecule has 1 N–H and O–H groups in total. The van der Waals surface area contributed by atoms with Crippen molar-refractivity contribution in [1.29, 1.82) is 0 Å². The normalized spacial score (nSPS) is 17.2. The fourth-order valence-electron chi connectivity index (χ4n) is 2.14. The number of nitrogens with one attached hydrogen (secondary N) is 1. The number of carbonyl (C=O) groups is 2. The van der Waals surface area contributed by atoms with E-state index in [0.717, 1.165) is 32.1 Å². The van der Waals surface area contributed by atoms with Crippen LogP contribution < -0.4 is 5.32 Å². The average Bonchev–Trinajstić information content (AvgIpc) is 2.88. The highest BCUT2D eigenvalue weighted by Crippen LogP contribution is 2.17. The van der Waals surface area contributed by atoms with Crippen molar-refractivity contribution in [3.8, 4) is 0 Å². The standard InChI is InChI=1S/C15H27NO4/c1-11(2)8-9-19-12(3)15(18)20-10-14(17)16-13-6-4-5-7-13/h11-13H,4-10H2,1-3H3,(H,16,17). The Morgan fingerprint density at radius 3 is 2.45 bits per heavy atom. The topological polar surface area (TPSA) is 64.6 Å². The minimum absolute atomic E-state index is 0.215. The zero-order valence-electron chi connectivity index (χ0n) is 12.8. The molecule has 1 unspecified atom stereocenters. The van der Waals surface area contributed by atoms with Gasteiger partial charge in [-0.1, -0.05) is 26.7 Å². The van der Waals surface area contributed by atoms with Crippen molar-refractivity contribution in [3.05, 3.63) is 0 Å². The lowest BCUT2D eigenvalue weighted by Crippen LogP contribution is -2.37. The molecule has 0 heterocycles. The maximum Gasteiger partial charge on any atom is 0.335 e. The highest BCUT2D eigenvalue weighted by atomic mass is 16.6. The van der Waals surface area contributed by atoms with Crippen molar-refractivity contribution in [2.45, 2.75) is 65.0 Å². The lowest BCUT2D eigenvalue weighted by molar-refractivity contribution is -0.159. The third kappa shape index (κ3) is 6.89. The molecule has 0 saturated heterocycles. The van der Waals surface area contributed by atoms with Crippen molar-refractivity contribution in [2.24, 2.45) is 5.92 Å². The van der Waals surface area contributed by atoms with Crippen LogP contribution >= 0.6 is 0 Å². The van der Waals surface area contributed by atoms with Gasteiger partial charge in [0.2, 0.25) is 0 Å². The summed E-state index contributed by atoms with van der Waals surface area (Å²) in [6.45, 7) is 6.16. The lowest BCUT2D eigenvalue weighted by Gasteiger charge is -2.15. The van der Waals surface area contributed by atoms with Crippen LogP contribution in [0.2, 0.25) is 0 Å². The molecule has 0 aliphatic heterocycles. The molecule has 0 radical (unpaired) electrons. The Balaban J connectivity index is 2.12. The van der Waals surface area contributed by atoms with Crippen molar-refractivity contribution >= 4 is 11.9 Å². The second-order valence-corrected chi connectivity index (χ2v) is 5.85. The Morgan fingerprint density at radius 2 is 1.85 bits per heavy atom. The first-order valence-electron chi connectivity index (χ1n) is 7.56.